The first kappa shape index (κ1) is 18.8. The van der Waals surface area contributed by atoms with Gasteiger partial charge in [0.2, 0.25) is 0 Å². The molecule has 0 aliphatic carbocycles. The molecule has 0 radical (unpaired) electrons. The van der Waals surface area contributed by atoms with E-state index in [1.165, 1.54) is 0 Å². The lowest BCUT2D eigenvalue weighted by Crippen LogP contribution is -2.15. The van der Waals surface area contributed by atoms with Crippen LogP contribution in [0.25, 0.3) is 10.4 Å². The van der Waals surface area contributed by atoms with E-state index in [9.17, 15) is 4.79 Å². The van der Waals surface area contributed by atoms with E-state index in [0.717, 1.165) is 34.6 Å². The number of carbonyl (C=O) groups is 1. The lowest BCUT2D eigenvalue weighted by Gasteiger charge is -2.14. The summed E-state index contributed by atoms with van der Waals surface area (Å²) in [5.41, 5.74) is 3.85. The van der Waals surface area contributed by atoms with Gasteiger partial charge < -0.3 is 18.9 Å². The van der Waals surface area contributed by atoms with E-state index in [2.05, 4.69) is 4.98 Å². The molecule has 1 aliphatic heterocycles. The van der Waals surface area contributed by atoms with Crippen molar-refractivity contribution >= 4 is 17.3 Å². The largest absolute Gasteiger partial charge is 0.493 e. The highest BCUT2D eigenvalue weighted by Gasteiger charge is 2.23. The number of carbonyl (C=O) groups excluding carboxylic acids is 1. The normalized spacial score (nSPS) is 16.7. The molecule has 2 aromatic rings. The van der Waals surface area contributed by atoms with Gasteiger partial charge in [0.1, 0.15) is 11.9 Å². The molecule has 0 bridgehead atoms. The fraction of sp³-hybridized carbons (Fsp3) is 0.474. The zero-order chi connectivity index (χ0) is 18.2. The molecule has 7 heteroatoms. The minimum absolute atomic E-state index is 0.122. The van der Waals surface area contributed by atoms with Crippen molar-refractivity contribution < 1.29 is 23.7 Å². The standard InChI is InChI=1S/C19H23NO5S/c1-22-7-2-8-24-17-9-14(3-5-16(17)18-10-20-13-26-18)11-23-12-15-4-6-19(21)25-15/h3,5,9-10,13,15H,2,4,6-8,11-12H2,1H3. The van der Waals surface area contributed by atoms with Gasteiger partial charge in [0.25, 0.3) is 0 Å². The second-order valence-corrected chi connectivity index (χ2v) is 6.94. The number of ether oxygens (including phenoxy) is 4. The fourth-order valence-electron chi connectivity index (χ4n) is 2.72. The van der Waals surface area contributed by atoms with Crippen molar-refractivity contribution in [3.05, 3.63) is 35.5 Å². The predicted molar refractivity (Wildman–Crippen MR) is 98.3 cm³/mol. The van der Waals surface area contributed by atoms with E-state index in [4.69, 9.17) is 18.9 Å². The van der Waals surface area contributed by atoms with Crippen molar-refractivity contribution in [2.75, 3.05) is 26.9 Å². The number of benzene rings is 1. The summed E-state index contributed by atoms with van der Waals surface area (Å²) in [7, 11) is 1.68. The summed E-state index contributed by atoms with van der Waals surface area (Å²) in [4.78, 5) is 16.3. The molecular formula is C19H23NO5S. The number of esters is 1. The van der Waals surface area contributed by atoms with E-state index in [-0.39, 0.29) is 12.1 Å². The Morgan fingerprint density at radius 2 is 2.27 bits per heavy atom. The van der Waals surface area contributed by atoms with Crippen molar-refractivity contribution in [2.45, 2.75) is 32.0 Å². The molecule has 140 valence electrons. The summed E-state index contributed by atoms with van der Waals surface area (Å²) in [5.74, 6) is 0.679. The number of cyclic esters (lactones) is 1. The molecule has 1 fully saturated rings. The van der Waals surface area contributed by atoms with Gasteiger partial charge in [0, 0.05) is 38.3 Å². The molecule has 1 saturated heterocycles. The summed E-state index contributed by atoms with van der Waals surface area (Å²) in [6.45, 7) is 2.12. The van der Waals surface area contributed by atoms with Crippen LogP contribution < -0.4 is 4.74 Å². The molecule has 2 heterocycles. The summed E-state index contributed by atoms with van der Waals surface area (Å²) in [5, 5.41) is 0. The molecule has 6 nitrogen and oxygen atoms in total. The molecule has 0 spiro atoms. The number of rotatable bonds is 10. The van der Waals surface area contributed by atoms with Crippen LogP contribution in [0.2, 0.25) is 0 Å². The minimum Gasteiger partial charge on any atom is -0.493 e. The lowest BCUT2D eigenvalue weighted by molar-refractivity contribution is -0.143. The Bertz CT molecular complexity index is 704. The van der Waals surface area contributed by atoms with Crippen LogP contribution in [-0.4, -0.2) is 44.0 Å². The van der Waals surface area contributed by atoms with Crippen molar-refractivity contribution in [2.24, 2.45) is 0 Å². The van der Waals surface area contributed by atoms with Gasteiger partial charge in [-0.25, -0.2) is 0 Å². The van der Waals surface area contributed by atoms with Crippen molar-refractivity contribution in [3.8, 4) is 16.2 Å². The molecule has 1 aromatic heterocycles. The third kappa shape index (κ3) is 5.27. The van der Waals surface area contributed by atoms with Gasteiger partial charge in [-0.2, -0.15) is 0 Å². The van der Waals surface area contributed by atoms with Crippen LogP contribution in [0.3, 0.4) is 0 Å². The second-order valence-electron chi connectivity index (χ2n) is 6.06. The van der Waals surface area contributed by atoms with Gasteiger partial charge in [-0.3, -0.25) is 9.78 Å². The lowest BCUT2D eigenvalue weighted by atomic mass is 10.1. The maximum atomic E-state index is 11.1. The van der Waals surface area contributed by atoms with Crippen LogP contribution in [-0.2, 0) is 25.6 Å². The molecule has 26 heavy (non-hydrogen) atoms. The average Bonchev–Trinajstić information content (AvgIpc) is 3.31. The number of thiazole rings is 1. The van der Waals surface area contributed by atoms with Gasteiger partial charge in [-0.05, 0) is 24.1 Å². The molecule has 0 amide bonds. The van der Waals surface area contributed by atoms with E-state index in [0.29, 0.717) is 32.8 Å². The van der Waals surface area contributed by atoms with E-state index in [1.54, 1.807) is 18.4 Å². The number of nitrogens with zero attached hydrogens (tertiary/aromatic N) is 1. The van der Waals surface area contributed by atoms with Gasteiger partial charge in [-0.1, -0.05) is 6.07 Å². The third-order valence-electron chi connectivity index (χ3n) is 4.04. The fourth-order valence-corrected chi connectivity index (χ4v) is 3.37. The quantitative estimate of drug-likeness (QED) is 0.467. The molecule has 1 atom stereocenters. The first-order valence-electron chi connectivity index (χ1n) is 8.67. The number of aromatic nitrogens is 1. The zero-order valence-electron chi connectivity index (χ0n) is 14.8. The predicted octanol–water partition coefficient (Wildman–Crippen LogP) is 3.45. The van der Waals surface area contributed by atoms with Crippen LogP contribution in [0.4, 0.5) is 0 Å². The summed E-state index contributed by atoms with van der Waals surface area (Å²) in [6.07, 6.45) is 3.76. The van der Waals surface area contributed by atoms with Crippen LogP contribution in [0, 0.1) is 0 Å². The molecule has 0 saturated carbocycles. The van der Waals surface area contributed by atoms with E-state index >= 15 is 0 Å². The van der Waals surface area contributed by atoms with Crippen molar-refractivity contribution in [3.63, 3.8) is 0 Å². The maximum Gasteiger partial charge on any atom is 0.306 e. The summed E-state index contributed by atoms with van der Waals surface area (Å²) in [6, 6.07) is 6.06. The Morgan fingerprint density at radius 3 is 3.00 bits per heavy atom. The monoisotopic (exact) mass is 377 g/mol. The number of methoxy groups -OCH3 is 1. The summed E-state index contributed by atoms with van der Waals surface area (Å²) >= 11 is 1.58. The highest BCUT2D eigenvalue weighted by atomic mass is 32.1. The van der Waals surface area contributed by atoms with Crippen LogP contribution >= 0.6 is 11.3 Å². The molecule has 1 aromatic carbocycles. The van der Waals surface area contributed by atoms with Crippen molar-refractivity contribution in [1.82, 2.24) is 4.98 Å². The smallest absolute Gasteiger partial charge is 0.306 e. The molecule has 1 aliphatic rings. The van der Waals surface area contributed by atoms with E-state index in [1.807, 2.05) is 29.9 Å². The highest BCUT2D eigenvalue weighted by molar-refractivity contribution is 7.13. The topological polar surface area (TPSA) is 66.9 Å². The van der Waals surface area contributed by atoms with Gasteiger partial charge >= 0.3 is 5.97 Å². The minimum atomic E-state index is -0.140. The Hall–Kier alpha value is -1.96. The molecule has 0 N–H and O–H groups in total. The summed E-state index contributed by atoms with van der Waals surface area (Å²) < 4.78 is 21.9. The zero-order valence-corrected chi connectivity index (χ0v) is 15.6. The SMILES string of the molecule is COCCCOc1cc(COCC2CCC(=O)O2)ccc1-c1cncs1. The second kappa shape index (κ2) is 9.66. The molecule has 1 unspecified atom stereocenters. The van der Waals surface area contributed by atoms with E-state index < -0.39 is 0 Å². The van der Waals surface area contributed by atoms with Crippen LogP contribution in [0.5, 0.6) is 5.75 Å². The molecule has 3 rings (SSSR count). The van der Waals surface area contributed by atoms with Gasteiger partial charge in [0.05, 0.1) is 30.2 Å². The van der Waals surface area contributed by atoms with Crippen LogP contribution in [0.1, 0.15) is 24.8 Å². The molecular weight excluding hydrogens is 354 g/mol. The van der Waals surface area contributed by atoms with Gasteiger partial charge in [0.15, 0.2) is 0 Å². The highest BCUT2D eigenvalue weighted by Crippen LogP contribution is 2.33. The third-order valence-corrected chi connectivity index (χ3v) is 4.84. The van der Waals surface area contributed by atoms with Crippen molar-refractivity contribution in [1.29, 1.82) is 0 Å². The number of hydrogen-bond acceptors (Lipinski definition) is 7. The Balaban J connectivity index is 1.61. The number of hydrogen-bond donors (Lipinski definition) is 0. The maximum absolute atomic E-state index is 11.1. The average molecular weight is 377 g/mol. The van der Waals surface area contributed by atoms with Crippen LogP contribution in [0.15, 0.2) is 29.9 Å². The first-order chi connectivity index (χ1) is 12.8. The first-order valence-corrected chi connectivity index (χ1v) is 9.55. The Kier molecular flexibility index (Phi) is 6.99. The Labute approximate surface area is 157 Å². The Morgan fingerprint density at radius 1 is 1.35 bits per heavy atom. The van der Waals surface area contributed by atoms with Gasteiger partial charge in [-0.15, -0.1) is 11.3 Å².